The van der Waals surface area contributed by atoms with E-state index in [9.17, 15) is 0 Å². The van der Waals surface area contributed by atoms with E-state index in [4.69, 9.17) is 16.2 Å². The molecule has 0 bridgehead atoms. The summed E-state index contributed by atoms with van der Waals surface area (Å²) in [7, 11) is 0. The normalized spacial score (nSPS) is 12.8. The molecule has 3 heteroatoms. The fraction of sp³-hybridized carbons (Fsp3) is 0.400. The third kappa shape index (κ3) is 2.72. The van der Waals surface area contributed by atoms with Crippen molar-refractivity contribution in [3.63, 3.8) is 0 Å². The van der Waals surface area contributed by atoms with Crippen molar-refractivity contribution in [1.29, 1.82) is 0 Å². The van der Waals surface area contributed by atoms with Gasteiger partial charge in [0.25, 0.3) is 0 Å². The zero-order valence-corrected chi connectivity index (χ0v) is 7.79. The smallest absolute Gasteiger partial charge is 0.133 e. The molecular formula is C10H15N2O. The minimum atomic E-state index is -0.433. The molecule has 0 saturated carbocycles. The van der Waals surface area contributed by atoms with Crippen molar-refractivity contribution < 1.29 is 4.74 Å². The van der Waals surface area contributed by atoms with E-state index in [2.05, 4.69) is 6.07 Å². The highest BCUT2D eigenvalue weighted by Crippen LogP contribution is 2.18. The van der Waals surface area contributed by atoms with Gasteiger partial charge < -0.3 is 16.2 Å². The van der Waals surface area contributed by atoms with Crippen molar-refractivity contribution in [2.45, 2.75) is 19.6 Å². The van der Waals surface area contributed by atoms with Crippen LogP contribution in [0, 0.1) is 6.07 Å². The van der Waals surface area contributed by atoms with Crippen LogP contribution in [0.25, 0.3) is 0 Å². The Hall–Kier alpha value is -1.06. The van der Waals surface area contributed by atoms with Crippen LogP contribution < -0.4 is 11.5 Å². The second-order valence-electron chi connectivity index (χ2n) is 2.83. The largest absolute Gasteiger partial charge is 0.398 e. The van der Waals surface area contributed by atoms with Crippen LogP contribution in [0.4, 0.5) is 5.69 Å². The second-order valence-corrected chi connectivity index (χ2v) is 2.83. The van der Waals surface area contributed by atoms with Gasteiger partial charge in [0, 0.05) is 23.9 Å². The Morgan fingerprint density at radius 1 is 1.62 bits per heavy atom. The average Bonchev–Trinajstić information content (AvgIpc) is 2.15. The van der Waals surface area contributed by atoms with E-state index in [1.54, 1.807) is 6.07 Å². The second kappa shape index (κ2) is 4.84. The summed E-state index contributed by atoms with van der Waals surface area (Å²) in [5.41, 5.74) is 12.8. The molecule has 3 nitrogen and oxygen atoms in total. The molecule has 4 N–H and O–H groups in total. The molecule has 0 spiro atoms. The Kier molecular flexibility index (Phi) is 3.73. The van der Waals surface area contributed by atoms with Crippen LogP contribution in [0.1, 0.15) is 25.1 Å². The number of ether oxygens (including phenoxy) is 1. The molecule has 1 radical (unpaired) electrons. The van der Waals surface area contributed by atoms with Gasteiger partial charge in [-0.1, -0.05) is 25.1 Å². The van der Waals surface area contributed by atoms with Crippen molar-refractivity contribution in [2.24, 2.45) is 5.73 Å². The van der Waals surface area contributed by atoms with E-state index in [1.807, 2.05) is 19.1 Å². The summed E-state index contributed by atoms with van der Waals surface area (Å²) in [4.78, 5) is 0. The summed E-state index contributed by atoms with van der Waals surface area (Å²) in [6, 6.07) is 8.33. The average molecular weight is 179 g/mol. The Balaban J connectivity index is 2.65. The first-order valence-electron chi connectivity index (χ1n) is 4.39. The summed E-state index contributed by atoms with van der Waals surface area (Å²) >= 11 is 0. The number of rotatable bonds is 4. The van der Waals surface area contributed by atoms with Crippen LogP contribution in [0.3, 0.4) is 0 Å². The van der Waals surface area contributed by atoms with Crippen molar-refractivity contribution in [3.8, 4) is 0 Å². The zero-order valence-electron chi connectivity index (χ0n) is 7.79. The van der Waals surface area contributed by atoms with Crippen molar-refractivity contribution in [1.82, 2.24) is 0 Å². The lowest BCUT2D eigenvalue weighted by Crippen LogP contribution is -2.16. The maximum absolute atomic E-state index is 5.76. The minimum Gasteiger partial charge on any atom is -0.398 e. The highest BCUT2D eigenvalue weighted by atomic mass is 16.5. The van der Waals surface area contributed by atoms with Crippen molar-refractivity contribution in [2.75, 3.05) is 12.3 Å². The molecule has 1 aromatic carbocycles. The molecule has 0 aliphatic carbocycles. The molecule has 1 unspecified atom stereocenters. The molecule has 0 heterocycles. The van der Waals surface area contributed by atoms with E-state index in [0.717, 1.165) is 12.0 Å². The predicted octanol–water partition coefficient (Wildman–Crippen LogP) is 1.45. The third-order valence-corrected chi connectivity index (χ3v) is 1.73. The highest BCUT2D eigenvalue weighted by molar-refractivity contribution is 5.46. The van der Waals surface area contributed by atoms with Crippen LogP contribution in [0.2, 0.25) is 0 Å². The summed E-state index contributed by atoms with van der Waals surface area (Å²) < 4.78 is 5.34. The summed E-state index contributed by atoms with van der Waals surface area (Å²) in [6.07, 6.45) is 0.516. The number of hydrogen-bond donors (Lipinski definition) is 2. The summed E-state index contributed by atoms with van der Waals surface area (Å²) in [5, 5.41) is 0. The Morgan fingerprint density at radius 2 is 2.38 bits per heavy atom. The first-order chi connectivity index (χ1) is 6.25. The predicted molar refractivity (Wildman–Crippen MR) is 52.9 cm³/mol. The van der Waals surface area contributed by atoms with Gasteiger partial charge in [0.15, 0.2) is 0 Å². The van der Waals surface area contributed by atoms with Gasteiger partial charge in [0.1, 0.15) is 6.23 Å². The molecule has 1 aromatic rings. The molecule has 1 atom stereocenters. The number of nitrogen functional groups attached to an aromatic ring is 1. The van der Waals surface area contributed by atoms with Gasteiger partial charge >= 0.3 is 0 Å². The van der Waals surface area contributed by atoms with E-state index in [-0.39, 0.29) is 0 Å². The van der Waals surface area contributed by atoms with E-state index in [0.29, 0.717) is 12.3 Å². The first-order valence-corrected chi connectivity index (χ1v) is 4.39. The van der Waals surface area contributed by atoms with Crippen molar-refractivity contribution >= 4 is 5.69 Å². The highest BCUT2D eigenvalue weighted by Gasteiger charge is 2.07. The molecule has 0 saturated heterocycles. The van der Waals surface area contributed by atoms with Gasteiger partial charge in [0.05, 0.1) is 0 Å². The SMILES string of the molecule is CCCOC(N)c1ccc[c]c1N. The zero-order chi connectivity index (χ0) is 9.68. The Labute approximate surface area is 78.7 Å². The minimum absolute atomic E-state index is 0.433. The van der Waals surface area contributed by atoms with E-state index < -0.39 is 6.23 Å². The molecule has 0 aromatic heterocycles. The van der Waals surface area contributed by atoms with Crippen LogP contribution in [-0.4, -0.2) is 6.61 Å². The van der Waals surface area contributed by atoms with E-state index in [1.165, 1.54) is 0 Å². The molecular weight excluding hydrogens is 164 g/mol. The number of benzene rings is 1. The van der Waals surface area contributed by atoms with Crippen LogP contribution in [0.15, 0.2) is 18.2 Å². The molecule has 0 amide bonds. The lowest BCUT2D eigenvalue weighted by atomic mass is 10.1. The van der Waals surface area contributed by atoms with Gasteiger partial charge in [0.2, 0.25) is 0 Å². The van der Waals surface area contributed by atoms with Crippen molar-refractivity contribution in [3.05, 3.63) is 29.8 Å². The topological polar surface area (TPSA) is 61.3 Å². The summed E-state index contributed by atoms with van der Waals surface area (Å²) in [6.45, 7) is 2.68. The lowest BCUT2D eigenvalue weighted by molar-refractivity contribution is 0.0582. The molecule has 0 aliphatic heterocycles. The molecule has 13 heavy (non-hydrogen) atoms. The number of para-hydroxylation sites is 1. The fourth-order valence-corrected chi connectivity index (χ4v) is 1.05. The Morgan fingerprint density at radius 3 is 3.00 bits per heavy atom. The Bertz CT molecular complexity index is 263. The van der Waals surface area contributed by atoms with Gasteiger partial charge in [-0.2, -0.15) is 0 Å². The standard InChI is InChI=1S/C10H15N2O/c1-2-7-13-10(12)8-5-3-4-6-9(8)11/h3-5,10H,2,7,11-12H2,1H3. The molecule has 0 fully saturated rings. The molecule has 71 valence electrons. The first kappa shape index (κ1) is 10.0. The van der Waals surface area contributed by atoms with Gasteiger partial charge in [-0.3, -0.25) is 0 Å². The number of hydrogen-bond acceptors (Lipinski definition) is 3. The number of anilines is 1. The third-order valence-electron chi connectivity index (χ3n) is 1.73. The number of nitrogens with two attached hydrogens (primary N) is 2. The van der Waals surface area contributed by atoms with Gasteiger partial charge in [-0.05, 0) is 6.42 Å². The van der Waals surface area contributed by atoms with Crippen LogP contribution in [0.5, 0.6) is 0 Å². The van der Waals surface area contributed by atoms with Gasteiger partial charge in [-0.25, -0.2) is 0 Å². The molecule has 0 aliphatic rings. The fourth-order valence-electron chi connectivity index (χ4n) is 1.05. The van der Waals surface area contributed by atoms with Gasteiger partial charge in [-0.15, -0.1) is 0 Å². The summed E-state index contributed by atoms with van der Waals surface area (Å²) in [5.74, 6) is 0. The maximum Gasteiger partial charge on any atom is 0.133 e. The van der Waals surface area contributed by atoms with E-state index >= 15 is 0 Å². The maximum atomic E-state index is 5.76. The quantitative estimate of drug-likeness (QED) is 0.543. The van der Waals surface area contributed by atoms with Crippen LogP contribution in [-0.2, 0) is 4.74 Å². The monoisotopic (exact) mass is 179 g/mol. The lowest BCUT2D eigenvalue weighted by Gasteiger charge is -2.14. The van der Waals surface area contributed by atoms with Crippen LogP contribution >= 0.6 is 0 Å². The molecule has 1 rings (SSSR count).